The molecular weight excluding hydrogens is 376 g/mol. The molecule has 1 saturated carbocycles. The van der Waals surface area contributed by atoms with E-state index in [2.05, 4.69) is 9.88 Å². The highest BCUT2D eigenvalue weighted by Crippen LogP contribution is 2.52. The quantitative estimate of drug-likeness (QED) is 0.670. The molecule has 1 aromatic carbocycles. The minimum absolute atomic E-state index is 0.0369. The Labute approximate surface area is 153 Å². The van der Waals surface area contributed by atoms with Crippen molar-refractivity contribution < 1.29 is 22.8 Å². The van der Waals surface area contributed by atoms with Crippen LogP contribution in [0.1, 0.15) is 17.9 Å². The Bertz CT molecular complexity index is 1040. The number of carboxylic acid groups (broad SMARTS) is 1. The third-order valence-corrected chi connectivity index (χ3v) is 7.51. The van der Waals surface area contributed by atoms with Crippen LogP contribution in [0.4, 0.5) is 0 Å². The molecule has 26 heavy (non-hydrogen) atoms. The molecule has 0 saturated heterocycles. The SMILES string of the molecule is O=C(O)[C@@]1(NS(=O)(=O)c2ccc(-c3ccon3)s2)C[C@H]1c1ccccc1. The van der Waals surface area contributed by atoms with Gasteiger partial charge in [-0.05, 0) is 24.1 Å². The number of benzene rings is 1. The number of aliphatic carboxylic acids is 1. The second kappa shape index (κ2) is 6.04. The van der Waals surface area contributed by atoms with Gasteiger partial charge >= 0.3 is 5.97 Å². The first kappa shape index (κ1) is 17.0. The van der Waals surface area contributed by atoms with E-state index in [0.29, 0.717) is 10.6 Å². The molecule has 0 spiro atoms. The number of sulfonamides is 1. The van der Waals surface area contributed by atoms with Crippen LogP contribution in [0.15, 0.2) is 63.5 Å². The Balaban J connectivity index is 1.62. The fraction of sp³-hybridized carbons (Fsp3) is 0.176. The van der Waals surface area contributed by atoms with Gasteiger partial charge in [0.05, 0.1) is 4.88 Å². The van der Waals surface area contributed by atoms with Crippen molar-refractivity contribution in [2.45, 2.75) is 22.1 Å². The molecule has 2 N–H and O–H groups in total. The van der Waals surface area contributed by atoms with Crippen LogP contribution in [0.25, 0.3) is 10.6 Å². The Morgan fingerprint density at radius 1 is 1.23 bits per heavy atom. The zero-order valence-corrected chi connectivity index (χ0v) is 15.0. The van der Waals surface area contributed by atoms with E-state index in [1.165, 1.54) is 12.3 Å². The van der Waals surface area contributed by atoms with Gasteiger partial charge in [0.1, 0.15) is 21.7 Å². The Morgan fingerprint density at radius 2 is 2.00 bits per heavy atom. The predicted octanol–water partition coefficient (Wildman–Crippen LogP) is 2.69. The highest BCUT2D eigenvalue weighted by Gasteiger charge is 2.63. The Kier molecular flexibility index (Phi) is 3.94. The highest BCUT2D eigenvalue weighted by molar-refractivity contribution is 7.91. The summed E-state index contributed by atoms with van der Waals surface area (Å²) in [7, 11) is -3.98. The van der Waals surface area contributed by atoms with Gasteiger partial charge in [0.2, 0.25) is 0 Å². The first-order valence-corrected chi connectivity index (χ1v) is 10.1. The van der Waals surface area contributed by atoms with Crippen LogP contribution in [0, 0.1) is 0 Å². The summed E-state index contributed by atoms with van der Waals surface area (Å²) in [6.07, 6.45) is 1.61. The van der Waals surface area contributed by atoms with Crippen molar-refractivity contribution in [3.63, 3.8) is 0 Å². The molecule has 2 heterocycles. The van der Waals surface area contributed by atoms with Gasteiger partial charge in [0.25, 0.3) is 10.0 Å². The molecule has 0 bridgehead atoms. The van der Waals surface area contributed by atoms with E-state index in [4.69, 9.17) is 4.52 Å². The maximum Gasteiger partial charge on any atom is 0.325 e. The third kappa shape index (κ3) is 2.83. The summed E-state index contributed by atoms with van der Waals surface area (Å²) in [5.74, 6) is -1.57. The van der Waals surface area contributed by atoms with Gasteiger partial charge in [-0.15, -0.1) is 11.3 Å². The van der Waals surface area contributed by atoms with Crippen LogP contribution in [-0.4, -0.2) is 30.2 Å². The number of rotatable bonds is 6. The molecule has 0 unspecified atom stereocenters. The zero-order chi connectivity index (χ0) is 18.4. The second-order valence-electron chi connectivity index (χ2n) is 6.05. The van der Waals surface area contributed by atoms with Gasteiger partial charge in [-0.2, -0.15) is 4.72 Å². The summed E-state index contributed by atoms with van der Waals surface area (Å²) >= 11 is 1.01. The molecule has 3 aromatic rings. The van der Waals surface area contributed by atoms with E-state index in [-0.39, 0.29) is 10.6 Å². The largest absolute Gasteiger partial charge is 0.480 e. The van der Waals surface area contributed by atoms with Gasteiger partial charge in [-0.25, -0.2) is 8.42 Å². The first-order chi connectivity index (χ1) is 12.4. The van der Waals surface area contributed by atoms with Crippen LogP contribution < -0.4 is 4.72 Å². The van der Waals surface area contributed by atoms with Gasteiger partial charge in [0.15, 0.2) is 0 Å². The smallest absolute Gasteiger partial charge is 0.325 e. The maximum atomic E-state index is 12.7. The van der Waals surface area contributed by atoms with Crippen molar-refractivity contribution in [3.05, 3.63) is 60.4 Å². The number of nitrogens with one attached hydrogen (secondary N) is 1. The van der Waals surface area contributed by atoms with Crippen LogP contribution in [-0.2, 0) is 14.8 Å². The minimum Gasteiger partial charge on any atom is -0.480 e. The van der Waals surface area contributed by atoms with Crippen molar-refractivity contribution in [2.24, 2.45) is 0 Å². The van der Waals surface area contributed by atoms with E-state index < -0.39 is 27.4 Å². The van der Waals surface area contributed by atoms with E-state index in [0.717, 1.165) is 16.9 Å². The van der Waals surface area contributed by atoms with Gasteiger partial charge < -0.3 is 9.63 Å². The molecule has 0 aliphatic heterocycles. The molecule has 134 valence electrons. The number of hydrogen-bond donors (Lipinski definition) is 2. The average molecular weight is 390 g/mol. The monoisotopic (exact) mass is 390 g/mol. The molecule has 7 nitrogen and oxygen atoms in total. The van der Waals surface area contributed by atoms with Gasteiger partial charge in [-0.3, -0.25) is 4.79 Å². The number of nitrogens with zero attached hydrogens (tertiary/aromatic N) is 1. The molecule has 4 rings (SSSR count). The van der Waals surface area contributed by atoms with Gasteiger partial charge in [0, 0.05) is 12.0 Å². The summed E-state index contributed by atoms with van der Waals surface area (Å²) in [4.78, 5) is 12.4. The lowest BCUT2D eigenvalue weighted by Gasteiger charge is -2.14. The lowest BCUT2D eigenvalue weighted by atomic mass is 10.1. The zero-order valence-electron chi connectivity index (χ0n) is 13.3. The van der Waals surface area contributed by atoms with Crippen molar-refractivity contribution in [2.75, 3.05) is 0 Å². The molecule has 0 radical (unpaired) electrons. The molecule has 0 amide bonds. The maximum absolute atomic E-state index is 12.7. The van der Waals surface area contributed by atoms with Crippen LogP contribution in [0.3, 0.4) is 0 Å². The number of carboxylic acids is 1. The fourth-order valence-corrected chi connectivity index (χ4v) is 5.65. The number of aromatic nitrogens is 1. The predicted molar refractivity (Wildman–Crippen MR) is 94.3 cm³/mol. The molecule has 9 heteroatoms. The topological polar surface area (TPSA) is 110 Å². The Morgan fingerprint density at radius 3 is 2.65 bits per heavy atom. The third-order valence-electron chi connectivity index (χ3n) is 4.40. The molecule has 1 fully saturated rings. The van der Waals surface area contributed by atoms with Crippen LogP contribution >= 0.6 is 11.3 Å². The average Bonchev–Trinajstić information content (AvgIpc) is 3.01. The van der Waals surface area contributed by atoms with E-state index >= 15 is 0 Å². The second-order valence-corrected chi connectivity index (χ2v) is 9.05. The highest BCUT2D eigenvalue weighted by atomic mass is 32.2. The van der Waals surface area contributed by atoms with Crippen molar-refractivity contribution >= 4 is 27.3 Å². The number of carbonyl (C=O) groups is 1. The van der Waals surface area contributed by atoms with E-state index in [1.54, 1.807) is 36.4 Å². The summed E-state index contributed by atoms with van der Waals surface area (Å²) in [5, 5.41) is 13.4. The molecule has 2 aromatic heterocycles. The molecule has 1 aliphatic carbocycles. The standard InChI is InChI=1S/C17H14N2O5S2/c20-16(21)17(10-12(17)11-4-2-1-3-5-11)19-26(22,23)15-7-6-14(25-15)13-8-9-24-18-13/h1-9,12,19H,10H2,(H,20,21)/t12-,17+/m0/s1. The van der Waals surface area contributed by atoms with E-state index in [1.807, 2.05) is 6.07 Å². The lowest BCUT2D eigenvalue weighted by molar-refractivity contribution is -0.140. The number of thiophene rings is 1. The first-order valence-electron chi connectivity index (χ1n) is 7.75. The normalized spacial score (nSPS) is 22.2. The van der Waals surface area contributed by atoms with Crippen LogP contribution in [0.2, 0.25) is 0 Å². The van der Waals surface area contributed by atoms with E-state index in [9.17, 15) is 18.3 Å². The summed E-state index contributed by atoms with van der Waals surface area (Å²) in [6.45, 7) is 0. The Hall–Kier alpha value is -2.49. The molecule has 1 aliphatic rings. The lowest BCUT2D eigenvalue weighted by Crippen LogP contribution is -2.44. The number of hydrogen-bond acceptors (Lipinski definition) is 6. The summed E-state index contributed by atoms with van der Waals surface area (Å²) in [6, 6.07) is 13.7. The summed E-state index contributed by atoms with van der Waals surface area (Å²) in [5.41, 5.74) is -0.192. The molecular formula is C17H14N2O5S2. The minimum atomic E-state index is -3.98. The van der Waals surface area contributed by atoms with Crippen molar-refractivity contribution in [1.82, 2.24) is 9.88 Å². The summed E-state index contributed by atoms with van der Waals surface area (Å²) < 4.78 is 32.7. The fourth-order valence-electron chi connectivity index (χ4n) is 2.98. The molecule has 2 atom stereocenters. The van der Waals surface area contributed by atoms with Gasteiger partial charge in [-0.1, -0.05) is 35.5 Å². The van der Waals surface area contributed by atoms with Crippen molar-refractivity contribution in [1.29, 1.82) is 0 Å². The van der Waals surface area contributed by atoms with Crippen molar-refractivity contribution in [3.8, 4) is 10.6 Å². The van der Waals surface area contributed by atoms with Crippen LogP contribution in [0.5, 0.6) is 0 Å².